The summed E-state index contributed by atoms with van der Waals surface area (Å²) in [6.45, 7) is 2.67. The Morgan fingerprint density at radius 2 is 1.88 bits per heavy atom. The molecule has 2 aromatic heterocycles. The van der Waals surface area contributed by atoms with Crippen LogP contribution in [0.1, 0.15) is 66.5 Å². The number of likely N-dealkylation sites (tertiary alicyclic amines) is 1. The molecule has 7 heteroatoms. The minimum Gasteiger partial charge on any atom is -0.464 e. The van der Waals surface area contributed by atoms with Crippen LogP contribution in [0.5, 0.6) is 0 Å². The largest absolute Gasteiger partial charge is 0.464 e. The molecule has 3 rings (SSSR count). The summed E-state index contributed by atoms with van der Waals surface area (Å²) in [5.41, 5.74) is 0. The summed E-state index contributed by atoms with van der Waals surface area (Å²) in [6, 6.07) is 6.91. The number of carbonyl (C=O) groups is 1. The van der Waals surface area contributed by atoms with Crippen LogP contribution in [0, 0.1) is 0 Å². The van der Waals surface area contributed by atoms with Crippen LogP contribution in [0.3, 0.4) is 0 Å². The summed E-state index contributed by atoms with van der Waals surface area (Å²) in [5.74, 6) is 1.75. The predicted molar refractivity (Wildman–Crippen MR) is 97.6 cm³/mol. The Labute approximate surface area is 154 Å². The van der Waals surface area contributed by atoms with Crippen LogP contribution in [-0.4, -0.2) is 32.0 Å². The van der Waals surface area contributed by atoms with Gasteiger partial charge in [0, 0.05) is 19.2 Å². The van der Waals surface area contributed by atoms with Crippen LogP contribution >= 0.6 is 0 Å². The maximum Gasteiger partial charge on any atom is 0.290 e. The Kier molecular flexibility index (Phi) is 5.55. The normalized spacial score (nSPS) is 18.7. The van der Waals surface area contributed by atoms with Crippen molar-refractivity contribution in [2.75, 3.05) is 12.8 Å². The molecule has 0 N–H and O–H groups in total. The first-order valence-electron chi connectivity index (χ1n) is 9.03. The van der Waals surface area contributed by atoms with E-state index in [-0.39, 0.29) is 29.2 Å². The van der Waals surface area contributed by atoms with Crippen molar-refractivity contribution in [1.82, 2.24) is 4.90 Å². The minimum absolute atomic E-state index is 0.117. The van der Waals surface area contributed by atoms with Gasteiger partial charge in [0.05, 0.1) is 6.04 Å². The molecule has 0 aromatic carbocycles. The lowest BCUT2D eigenvalue weighted by molar-refractivity contribution is 0.0623. The summed E-state index contributed by atoms with van der Waals surface area (Å²) in [7, 11) is -3.21. The Balaban J connectivity index is 1.84. The van der Waals surface area contributed by atoms with Crippen molar-refractivity contribution in [3.05, 3.63) is 47.3 Å². The fourth-order valence-corrected chi connectivity index (χ4v) is 4.05. The third kappa shape index (κ3) is 4.38. The van der Waals surface area contributed by atoms with Gasteiger partial charge >= 0.3 is 0 Å². The standard InChI is InChI=1S/C19H25NO5S/c1-3-14-8-10-17(24-14)16-7-5-4-6-12-20(16)19(21)18-11-9-15(25-18)13-26(2,22)23/h8-11,16H,3-7,12-13H2,1-2H3/t16-/m0/s1. The van der Waals surface area contributed by atoms with Gasteiger partial charge < -0.3 is 13.7 Å². The molecule has 1 amide bonds. The minimum atomic E-state index is -3.21. The molecule has 1 atom stereocenters. The van der Waals surface area contributed by atoms with Gasteiger partial charge in [-0.1, -0.05) is 19.8 Å². The van der Waals surface area contributed by atoms with Crippen LogP contribution in [0.2, 0.25) is 0 Å². The first-order valence-corrected chi connectivity index (χ1v) is 11.1. The highest BCUT2D eigenvalue weighted by molar-refractivity contribution is 7.89. The molecular formula is C19H25NO5S. The molecule has 0 spiro atoms. The predicted octanol–water partition coefficient (Wildman–Crippen LogP) is 3.74. The molecule has 1 fully saturated rings. The first kappa shape index (κ1) is 18.8. The molecule has 1 aliphatic rings. The van der Waals surface area contributed by atoms with Crippen molar-refractivity contribution in [2.45, 2.75) is 50.8 Å². The highest BCUT2D eigenvalue weighted by Crippen LogP contribution is 2.33. The fourth-order valence-electron chi connectivity index (χ4n) is 3.38. The molecular weight excluding hydrogens is 354 g/mol. The molecule has 3 heterocycles. The van der Waals surface area contributed by atoms with Gasteiger partial charge in [0.1, 0.15) is 23.0 Å². The summed E-state index contributed by atoms with van der Waals surface area (Å²) in [6.07, 6.45) is 5.84. The first-order chi connectivity index (χ1) is 12.4. The molecule has 2 aromatic rings. The lowest BCUT2D eigenvalue weighted by atomic mass is 10.1. The number of carbonyl (C=O) groups excluding carboxylic acids is 1. The number of furan rings is 2. The average Bonchev–Trinajstić information content (AvgIpc) is 3.16. The molecule has 0 unspecified atom stereocenters. The second-order valence-electron chi connectivity index (χ2n) is 6.86. The highest BCUT2D eigenvalue weighted by atomic mass is 32.2. The van der Waals surface area contributed by atoms with E-state index in [1.165, 1.54) is 0 Å². The molecule has 6 nitrogen and oxygen atoms in total. The van der Waals surface area contributed by atoms with Gasteiger partial charge in [-0.15, -0.1) is 0 Å². The third-order valence-electron chi connectivity index (χ3n) is 4.65. The lowest BCUT2D eigenvalue weighted by Crippen LogP contribution is -2.34. The lowest BCUT2D eigenvalue weighted by Gasteiger charge is -2.27. The van der Waals surface area contributed by atoms with Crippen molar-refractivity contribution >= 4 is 15.7 Å². The van der Waals surface area contributed by atoms with E-state index in [1.54, 1.807) is 17.0 Å². The van der Waals surface area contributed by atoms with E-state index in [2.05, 4.69) is 0 Å². The molecule has 0 aliphatic carbocycles. The van der Waals surface area contributed by atoms with E-state index in [1.807, 2.05) is 19.1 Å². The summed E-state index contributed by atoms with van der Waals surface area (Å²) in [5, 5.41) is 0. The topological polar surface area (TPSA) is 80.7 Å². The van der Waals surface area contributed by atoms with E-state index in [4.69, 9.17) is 8.83 Å². The smallest absolute Gasteiger partial charge is 0.290 e. The van der Waals surface area contributed by atoms with E-state index < -0.39 is 9.84 Å². The summed E-state index contributed by atoms with van der Waals surface area (Å²) in [4.78, 5) is 14.8. The van der Waals surface area contributed by atoms with Crippen molar-refractivity contribution in [3.8, 4) is 0 Å². The zero-order valence-corrected chi connectivity index (χ0v) is 16.0. The molecule has 0 saturated carbocycles. The Morgan fingerprint density at radius 1 is 1.12 bits per heavy atom. The van der Waals surface area contributed by atoms with E-state index >= 15 is 0 Å². The van der Waals surface area contributed by atoms with Crippen LogP contribution < -0.4 is 0 Å². The SMILES string of the molecule is CCc1ccc([C@@H]2CCCCCN2C(=O)c2ccc(CS(C)(=O)=O)o2)o1. The maximum absolute atomic E-state index is 13.0. The third-order valence-corrected chi connectivity index (χ3v) is 5.46. The summed E-state index contributed by atoms with van der Waals surface area (Å²) >= 11 is 0. The van der Waals surface area contributed by atoms with E-state index in [0.717, 1.165) is 49.9 Å². The maximum atomic E-state index is 13.0. The zero-order chi connectivity index (χ0) is 18.7. The number of hydrogen-bond donors (Lipinski definition) is 0. The van der Waals surface area contributed by atoms with Crippen molar-refractivity contribution in [1.29, 1.82) is 0 Å². The average molecular weight is 379 g/mol. The van der Waals surface area contributed by atoms with E-state index in [0.29, 0.717) is 6.54 Å². The molecule has 1 aliphatic heterocycles. The van der Waals surface area contributed by atoms with Gasteiger partial charge in [0.2, 0.25) is 0 Å². The van der Waals surface area contributed by atoms with Gasteiger partial charge in [-0.05, 0) is 37.1 Å². The number of sulfone groups is 1. The van der Waals surface area contributed by atoms with E-state index in [9.17, 15) is 13.2 Å². The molecule has 142 valence electrons. The zero-order valence-electron chi connectivity index (χ0n) is 15.2. The number of rotatable bonds is 5. The Hall–Kier alpha value is -2.02. The second-order valence-corrected chi connectivity index (χ2v) is 9.00. The molecule has 26 heavy (non-hydrogen) atoms. The monoisotopic (exact) mass is 379 g/mol. The van der Waals surface area contributed by atoms with Gasteiger partial charge in [0.25, 0.3) is 5.91 Å². The molecule has 1 saturated heterocycles. The number of nitrogens with zero attached hydrogens (tertiary/aromatic N) is 1. The van der Waals surface area contributed by atoms with Crippen LogP contribution in [0.15, 0.2) is 33.1 Å². The Bertz CT molecular complexity index is 864. The molecule has 0 radical (unpaired) electrons. The highest BCUT2D eigenvalue weighted by Gasteiger charge is 2.31. The van der Waals surface area contributed by atoms with Crippen molar-refractivity contribution in [2.24, 2.45) is 0 Å². The van der Waals surface area contributed by atoms with Gasteiger partial charge in [-0.2, -0.15) is 0 Å². The van der Waals surface area contributed by atoms with Gasteiger partial charge in [-0.25, -0.2) is 8.42 Å². The fraction of sp³-hybridized carbons (Fsp3) is 0.526. The quantitative estimate of drug-likeness (QED) is 0.790. The van der Waals surface area contributed by atoms with Crippen LogP contribution in [0.4, 0.5) is 0 Å². The number of hydrogen-bond acceptors (Lipinski definition) is 5. The number of aryl methyl sites for hydroxylation is 1. The Morgan fingerprint density at radius 3 is 2.58 bits per heavy atom. The van der Waals surface area contributed by atoms with Crippen molar-refractivity contribution < 1.29 is 22.0 Å². The van der Waals surface area contributed by atoms with Gasteiger partial charge in [0.15, 0.2) is 15.6 Å². The second kappa shape index (κ2) is 7.70. The molecule has 0 bridgehead atoms. The van der Waals surface area contributed by atoms with Crippen molar-refractivity contribution in [3.63, 3.8) is 0 Å². The van der Waals surface area contributed by atoms with Crippen LogP contribution in [-0.2, 0) is 22.0 Å². The van der Waals surface area contributed by atoms with Crippen LogP contribution in [0.25, 0.3) is 0 Å². The number of amides is 1. The summed E-state index contributed by atoms with van der Waals surface area (Å²) < 4.78 is 34.3. The van der Waals surface area contributed by atoms with Gasteiger partial charge in [-0.3, -0.25) is 4.79 Å².